The van der Waals surface area contributed by atoms with Crippen LogP contribution in [0, 0.1) is 0 Å². The number of benzene rings is 2. The molecule has 1 aliphatic heterocycles. The topological polar surface area (TPSA) is 54.6 Å². The van der Waals surface area contributed by atoms with E-state index >= 15 is 0 Å². The van der Waals surface area contributed by atoms with Gasteiger partial charge in [-0.1, -0.05) is 13.0 Å². The van der Waals surface area contributed by atoms with Gasteiger partial charge in [0, 0.05) is 35.8 Å². The van der Waals surface area contributed by atoms with Crippen molar-refractivity contribution in [3.63, 3.8) is 0 Å². The standard InChI is InChI=1S/C24H28N2O3/c1-3-13-29-20-6-4-5-18(14-20)24(27)26-11-9-17(10-12-26)22-16-25-23-8-7-19(28-2)15-21(22)23/h4-8,14-17,25H,3,9-13H2,1-2H3. The SMILES string of the molecule is CCCOc1cccc(C(=O)N2CCC(c3c[nH]c4ccc(OC)cc34)CC2)c1. The lowest BCUT2D eigenvalue weighted by Crippen LogP contribution is -2.37. The number of carbonyl (C=O) groups is 1. The van der Waals surface area contributed by atoms with Gasteiger partial charge >= 0.3 is 0 Å². The lowest BCUT2D eigenvalue weighted by atomic mass is 9.89. The summed E-state index contributed by atoms with van der Waals surface area (Å²) in [5.41, 5.74) is 3.15. The van der Waals surface area contributed by atoms with Crippen LogP contribution in [0.15, 0.2) is 48.7 Å². The quantitative estimate of drug-likeness (QED) is 0.643. The maximum absolute atomic E-state index is 13.0. The number of ether oxygens (including phenoxy) is 2. The largest absolute Gasteiger partial charge is 0.497 e. The zero-order valence-electron chi connectivity index (χ0n) is 17.1. The number of rotatable bonds is 6. The summed E-state index contributed by atoms with van der Waals surface area (Å²) in [5.74, 6) is 2.17. The van der Waals surface area contributed by atoms with Crippen molar-refractivity contribution in [1.82, 2.24) is 9.88 Å². The van der Waals surface area contributed by atoms with Crippen LogP contribution in [0.3, 0.4) is 0 Å². The molecule has 2 heterocycles. The molecule has 0 bridgehead atoms. The molecule has 1 amide bonds. The van der Waals surface area contributed by atoms with Crippen LogP contribution in [-0.2, 0) is 0 Å². The Bertz CT molecular complexity index is 987. The number of fused-ring (bicyclic) bond motifs is 1. The molecule has 1 fully saturated rings. The summed E-state index contributed by atoms with van der Waals surface area (Å²) in [6.45, 7) is 4.27. The number of aromatic nitrogens is 1. The van der Waals surface area contributed by atoms with Crippen molar-refractivity contribution >= 4 is 16.8 Å². The molecule has 1 aromatic heterocycles. The van der Waals surface area contributed by atoms with Gasteiger partial charge in [-0.05, 0) is 67.1 Å². The summed E-state index contributed by atoms with van der Waals surface area (Å²) in [6.07, 6.45) is 4.98. The minimum Gasteiger partial charge on any atom is -0.497 e. The number of nitrogens with zero attached hydrogens (tertiary/aromatic N) is 1. The molecule has 0 spiro atoms. The van der Waals surface area contributed by atoms with Crippen LogP contribution < -0.4 is 9.47 Å². The summed E-state index contributed by atoms with van der Waals surface area (Å²) >= 11 is 0. The van der Waals surface area contributed by atoms with Crippen molar-refractivity contribution in [2.45, 2.75) is 32.1 Å². The molecule has 1 N–H and O–H groups in total. The number of hydrogen-bond acceptors (Lipinski definition) is 3. The van der Waals surface area contributed by atoms with Gasteiger partial charge in [-0.2, -0.15) is 0 Å². The van der Waals surface area contributed by atoms with E-state index in [4.69, 9.17) is 9.47 Å². The molecule has 1 aliphatic rings. The number of amides is 1. The molecule has 2 aromatic carbocycles. The van der Waals surface area contributed by atoms with Gasteiger partial charge in [0.15, 0.2) is 0 Å². The molecule has 4 rings (SSSR count). The predicted octanol–water partition coefficient (Wildman–Crippen LogP) is 4.99. The molecule has 5 nitrogen and oxygen atoms in total. The van der Waals surface area contributed by atoms with Gasteiger partial charge in [0.1, 0.15) is 11.5 Å². The van der Waals surface area contributed by atoms with Crippen LogP contribution in [-0.4, -0.2) is 42.6 Å². The van der Waals surface area contributed by atoms with Crippen molar-refractivity contribution in [3.8, 4) is 11.5 Å². The first-order chi connectivity index (χ1) is 14.2. The molecule has 0 radical (unpaired) electrons. The monoisotopic (exact) mass is 392 g/mol. The molecule has 5 heteroatoms. The third-order valence-corrected chi connectivity index (χ3v) is 5.70. The molecule has 0 unspecified atom stereocenters. The summed E-state index contributed by atoms with van der Waals surface area (Å²) in [7, 11) is 1.69. The van der Waals surface area contributed by atoms with E-state index in [1.54, 1.807) is 7.11 Å². The lowest BCUT2D eigenvalue weighted by Gasteiger charge is -2.32. The highest BCUT2D eigenvalue weighted by Crippen LogP contribution is 2.35. The van der Waals surface area contributed by atoms with E-state index in [0.29, 0.717) is 18.1 Å². The van der Waals surface area contributed by atoms with Gasteiger partial charge in [0.25, 0.3) is 5.91 Å². The zero-order valence-corrected chi connectivity index (χ0v) is 17.1. The highest BCUT2D eigenvalue weighted by atomic mass is 16.5. The van der Waals surface area contributed by atoms with Crippen LogP contribution in [0.2, 0.25) is 0 Å². The van der Waals surface area contributed by atoms with E-state index < -0.39 is 0 Å². The summed E-state index contributed by atoms with van der Waals surface area (Å²) < 4.78 is 11.1. The fourth-order valence-corrected chi connectivity index (χ4v) is 4.10. The van der Waals surface area contributed by atoms with Gasteiger partial charge < -0.3 is 19.4 Å². The minimum atomic E-state index is 0.0889. The fourth-order valence-electron chi connectivity index (χ4n) is 4.10. The lowest BCUT2D eigenvalue weighted by molar-refractivity contribution is 0.0713. The zero-order chi connectivity index (χ0) is 20.2. The number of aromatic amines is 1. The van der Waals surface area contributed by atoms with Crippen LogP contribution in [0.1, 0.15) is 48.0 Å². The van der Waals surface area contributed by atoms with Crippen molar-refractivity contribution in [2.75, 3.05) is 26.8 Å². The van der Waals surface area contributed by atoms with Crippen molar-refractivity contribution < 1.29 is 14.3 Å². The summed E-state index contributed by atoms with van der Waals surface area (Å²) in [4.78, 5) is 18.3. The number of hydrogen-bond donors (Lipinski definition) is 1. The average Bonchev–Trinajstić information content (AvgIpc) is 3.20. The Balaban J connectivity index is 1.44. The molecular weight excluding hydrogens is 364 g/mol. The molecule has 29 heavy (non-hydrogen) atoms. The maximum Gasteiger partial charge on any atom is 0.253 e. The average molecular weight is 392 g/mol. The Hall–Kier alpha value is -2.95. The third-order valence-electron chi connectivity index (χ3n) is 5.70. The predicted molar refractivity (Wildman–Crippen MR) is 115 cm³/mol. The van der Waals surface area contributed by atoms with Gasteiger partial charge in [-0.15, -0.1) is 0 Å². The maximum atomic E-state index is 13.0. The summed E-state index contributed by atoms with van der Waals surface area (Å²) in [6, 6.07) is 13.7. The number of piperidine rings is 1. The first-order valence-corrected chi connectivity index (χ1v) is 10.4. The van der Waals surface area contributed by atoms with Crippen molar-refractivity contribution in [2.24, 2.45) is 0 Å². The van der Waals surface area contributed by atoms with Gasteiger partial charge in [-0.25, -0.2) is 0 Å². The molecule has 1 saturated heterocycles. The van der Waals surface area contributed by atoms with E-state index in [0.717, 1.165) is 49.4 Å². The van der Waals surface area contributed by atoms with E-state index in [-0.39, 0.29) is 5.91 Å². The number of nitrogens with one attached hydrogen (secondary N) is 1. The Morgan fingerprint density at radius 1 is 1.14 bits per heavy atom. The first-order valence-electron chi connectivity index (χ1n) is 10.4. The minimum absolute atomic E-state index is 0.0889. The highest BCUT2D eigenvalue weighted by Gasteiger charge is 2.26. The Kier molecular flexibility index (Phi) is 5.74. The second-order valence-corrected chi connectivity index (χ2v) is 7.60. The fraction of sp³-hybridized carbons (Fsp3) is 0.375. The van der Waals surface area contributed by atoms with E-state index in [2.05, 4.69) is 30.2 Å². The third kappa shape index (κ3) is 4.09. The first kappa shape index (κ1) is 19.4. The molecular formula is C24H28N2O3. The van der Waals surface area contributed by atoms with Crippen LogP contribution in [0.4, 0.5) is 0 Å². The number of methoxy groups -OCH3 is 1. The Labute approximate surface area is 171 Å². The Morgan fingerprint density at radius 2 is 1.97 bits per heavy atom. The smallest absolute Gasteiger partial charge is 0.253 e. The molecule has 0 atom stereocenters. The molecule has 3 aromatic rings. The van der Waals surface area contributed by atoms with E-state index in [1.165, 1.54) is 10.9 Å². The van der Waals surface area contributed by atoms with Gasteiger partial charge in [0.2, 0.25) is 0 Å². The molecule has 0 aliphatic carbocycles. The summed E-state index contributed by atoms with van der Waals surface area (Å²) in [5, 5.41) is 1.22. The van der Waals surface area contributed by atoms with Crippen LogP contribution in [0.25, 0.3) is 10.9 Å². The second-order valence-electron chi connectivity index (χ2n) is 7.60. The van der Waals surface area contributed by atoms with Crippen molar-refractivity contribution in [3.05, 3.63) is 59.8 Å². The molecule has 0 saturated carbocycles. The number of likely N-dealkylation sites (tertiary alicyclic amines) is 1. The normalized spacial score (nSPS) is 14.9. The molecule has 152 valence electrons. The van der Waals surface area contributed by atoms with Gasteiger partial charge in [0.05, 0.1) is 13.7 Å². The second kappa shape index (κ2) is 8.60. The van der Waals surface area contributed by atoms with E-state index in [9.17, 15) is 4.79 Å². The Morgan fingerprint density at radius 3 is 2.72 bits per heavy atom. The van der Waals surface area contributed by atoms with Gasteiger partial charge in [-0.3, -0.25) is 4.79 Å². The highest BCUT2D eigenvalue weighted by molar-refractivity contribution is 5.94. The van der Waals surface area contributed by atoms with Crippen LogP contribution >= 0.6 is 0 Å². The van der Waals surface area contributed by atoms with Crippen LogP contribution in [0.5, 0.6) is 11.5 Å². The van der Waals surface area contributed by atoms with Crippen molar-refractivity contribution in [1.29, 1.82) is 0 Å². The number of H-pyrrole nitrogens is 1. The van der Waals surface area contributed by atoms with E-state index in [1.807, 2.05) is 35.2 Å². The number of carbonyl (C=O) groups excluding carboxylic acids is 1.